The molecule has 0 fully saturated rings. The highest BCUT2D eigenvalue weighted by molar-refractivity contribution is 5.87. The number of carbonyl (C=O) groups is 3. The third-order valence-electron chi connectivity index (χ3n) is 8.79. The molecule has 0 unspecified atom stereocenters. The van der Waals surface area contributed by atoms with E-state index in [4.69, 9.17) is 4.74 Å². The monoisotopic (exact) mass is 678 g/mol. The van der Waals surface area contributed by atoms with E-state index in [1.807, 2.05) is 136 Å². The topological polar surface area (TPSA) is 140 Å². The summed E-state index contributed by atoms with van der Waals surface area (Å²) in [6.07, 6.45) is -1.31. The van der Waals surface area contributed by atoms with Gasteiger partial charge in [-0.1, -0.05) is 136 Å². The van der Waals surface area contributed by atoms with Gasteiger partial charge >= 0.3 is 6.09 Å². The number of aliphatic hydroxyl groups is 2. The van der Waals surface area contributed by atoms with Crippen LogP contribution in [0.5, 0.6) is 0 Å². The van der Waals surface area contributed by atoms with Crippen molar-refractivity contribution < 1.29 is 29.3 Å². The minimum Gasteiger partial charge on any atom is -0.445 e. The molecule has 0 saturated heterocycles. The number of alkyl carbamates (subject to hydrolysis) is 1. The summed E-state index contributed by atoms with van der Waals surface area (Å²) >= 11 is 0. The summed E-state index contributed by atoms with van der Waals surface area (Å²) in [5.74, 6) is -1.24. The van der Waals surface area contributed by atoms with Crippen LogP contribution in [0.15, 0.2) is 115 Å². The second-order valence-corrected chi connectivity index (χ2v) is 13.9. The summed E-state index contributed by atoms with van der Waals surface area (Å²) in [5.41, 5.74) is 4.16. The van der Waals surface area contributed by atoms with Crippen molar-refractivity contribution in [1.82, 2.24) is 21.1 Å². The molecule has 0 saturated carbocycles. The molecule has 1 aliphatic rings. The fourth-order valence-corrected chi connectivity index (χ4v) is 6.20. The number of rotatable bonds is 13. The molecule has 1 aliphatic carbocycles. The molecule has 0 aromatic heterocycles. The number of carbonyl (C=O) groups excluding carboxylic acids is 3. The molecule has 10 heteroatoms. The number of hydrogen-bond donors (Lipinski definition) is 5. The Hall–Kier alpha value is -5.03. The molecule has 4 atom stereocenters. The number of amides is 3. The van der Waals surface area contributed by atoms with Crippen LogP contribution in [0.2, 0.25) is 0 Å². The van der Waals surface area contributed by atoms with Crippen LogP contribution in [0.3, 0.4) is 0 Å². The summed E-state index contributed by atoms with van der Waals surface area (Å²) in [6, 6.07) is 33.5. The second-order valence-electron chi connectivity index (χ2n) is 13.9. The second kappa shape index (κ2) is 16.1. The molecule has 5 N–H and O–H groups in total. The quantitative estimate of drug-likeness (QED) is 0.130. The first-order chi connectivity index (χ1) is 23.9. The third kappa shape index (κ3) is 9.56. The smallest absolute Gasteiger partial charge is 0.408 e. The van der Waals surface area contributed by atoms with Gasteiger partial charge in [0.05, 0.1) is 18.7 Å². The van der Waals surface area contributed by atoms with Gasteiger partial charge < -0.3 is 25.6 Å². The molecule has 5 rings (SSSR count). The molecule has 10 nitrogen and oxygen atoms in total. The minimum atomic E-state index is -2.06. The van der Waals surface area contributed by atoms with Gasteiger partial charge in [0.1, 0.15) is 12.6 Å². The lowest BCUT2D eigenvalue weighted by atomic mass is 9.86. The third-order valence-corrected chi connectivity index (χ3v) is 8.79. The van der Waals surface area contributed by atoms with Gasteiger partial charge in [-0.15, -0.1) is 0 Å². The van der Waals surface area contributed by atoms with E-state index in [1.54, 1.807) is 0 Å². The highest BCUT2D eigenvalue weighted by Crippen LogP contribution is 2.32. The van der Waals surface area contributed by atoms with Crippen molar-refractivity contribution >= 4 is 17.9 Å². The molecule has 0 radical (unpaired) electrons. The van der Waals surface area contributed by atoms with Crippen LogP contribution in [0, 0.1) is 5.41 Å². The fourth-order valence-electron chi connectivity index (χ4n) is 6.20. The Morgan fingerprint density at radius 2 is 1.38 bits per heavy atom. The number of fused-ring (bicyclic) bond motifs is 1. The van der Waals surface area contributed by atoms with E-state index in [2.05, 4.69) is 16.1 Å². The Balaban J connectivity index is 1.40. The van der Waals surface area contributed by atoms with Crippen molar-refractivity contribution in [3.8, 4) is 0 Å². The first kappa shape index (κ1) is 36.3. The molecule has 0 spiro atoms. The number of nitrogens with one attached hydrogen (secondary N) is 3. The lowest BCUT2D eigenvalue weighted by molar-refractivity contribution is -0.147. The molecule has 0 aliphatic heterocycles. The van der Waals surface area contributed by atoms with Gasteiger partial charge in [0, 0.05) is 19.4 Å². The average Bonchev–Trinajstić information content (AvgIpc) is 3.41. The lowest BCUT2D eigenvalue weighted by Gasteiger charge is -2.37. The minimum absolute atomic E-state index is 0.0348. The highest BCUT2D eigenvalue weighted by Gasteiger charge is 2.43. The first-order valence-electron chi connectivity index (χ1n) is 16.8. The number of hydrazine groups is 1. The number of ether oxygens (including phenoxy) is 1. The first-order valence-corrected chi connectivity index (χ1v) is 16.8. The average molecular weight is 679 g/mol. The van der Waals surface area contributed by atoms with Gasteiger partial charge in [-0.25, -0.2) is 9.80 Å². The van der Waals surface area contributed by atoms with Gasteiger partial charge in [-0.05, 0) is 33.2 Å². The number of benzene rings is 4. The van der Waals surface area contributed by atoms with Crippen molar-refractivity contribution in [2.45, 2.75) is 70.6 Å². The van der Waals surface area contributed by atoms with Crippen LogP contribution >= 0.6 is 0 Å². The van der Waals surface area contributed by atoms with Gasteiger partial charge in [-0.3, -0.25) is 15.0 Å². The van der Waals surface area contributed by atoms with E-state index < -0.39 is 47.1 Å². The zero-order chi connectivity index (χ0) is 35.7. The summed E-state index contributed by atoms with van der Waals surface area (Å²) in [6.45, 7) is 5.32. The summed E-state index contributed by atoms with van der Waals surface area (Å²) < 4.78 is 5.42. The fraction of sp³-hybridized carbons (Fsp3) is 0.325. The van der Waals surface area contributed by atoms with Crippen LogP contribution in [-0.4, -0.2) is 57.4 Å². The van der Waals surface area contributed by atoms with E-state index in [-0.39, 0.29) is 26.1 Å². The molecule has 0 heterocycles. The SMILES string of the molecule is CC(C)(C)[C@H](NC(=O)OCc1ccccc1)C(=O)NN(Cc1ccccc1)C[C@](O)(Cc1ccccc1)C(=O)N[C@H]1c2ccccc2C[C@H]1O. The molecule has 50 heavy (non-hydrogen) atoms. The number of nitrogens with zero attached hydrogens (tertiary/aromatic N) is 1. The van der Waals surface area contributed by atoms with Gasteiger partial charge in [0.2, 0.25) is 0 Å². The maximum absolute atomic E-state index is 14.2. The van der Waals surface area contributed by atoms with Crippen molar-refractivity contribution in [2.75, 3.05) is 6.54 Å². The van der Waals surface area contributed by atoms with Gasteiger partial charge in [-0.2, -0.15) is 0 Å². The van der Waals surface area contributed by atoms with Crippen molar-refractivity contribution in [2.24, 2.45) is 5.41 Å². The van der Waals surface area contributed by atoms with E-state index in [1.165, 1.54) is 5.01 Å². The van der Waals surface area contributed by atoms with E-state index in [9.17, 15) is 24.6 Å². The van der Waals surface area contributed by atoms with E-state index >= 15 is 0 Å². The zero-order valence-corrected chi connectivity index (χ0v) is 28.7. The molecule has 3 amide bonds. The van der Waals surface area contributed by atoms with E-state index in [0.717, 1.165) is 22.3 Å². The Morgan fingerprint density at radius 1 is 0.820 bits per heavy atom. The van der Waals surface area contributed by atoms with Crippen molar-refractivity contribution in [3.05, 3.63) is 143 Å². The maximum atomic E-state index is 14.2. The Kier molecular flexibility index (Phi) is 11.7. The number of aliphatic hydroxyl groups excluding tert-OH is 1. The van der Waals surface area contributed by atoms with Crippen LogP contribution in [0.1, 0.15) is 54.6 Å². The summed E-state index contributed by atoms with van der Waals surface area (Å²) in [5, 5.41) is 30.4. The molecular formula is C40H46N4O6. The van der Waals surface area contributed by atoms with Crippen LogP contribution < -0.4 is 16.1 Å². The van der Waals surface area contributed by atoms with Crippen LogP contribution in [0.25, 0.3) is 0 Å². The Morgan fingerprint density at radius 3 is 2.00 bits per heavy atom. The summed E-state index contributed by atoms with van der Waals surface area (Å²) in [7, 11) is 0. The zero-order valence-electron chi connectivity index (χ0n) is 28.7. The normalized spacial score (nSPS) is 17.2. The van der Waals surface area contributed by atoms with Crippen LogP contribution in [-0.2, 0) is 40.3 Å². The maximum Gasteiger partial charge on any atom is 0.408 e. The van der Waals surface area contributed by atoms with Crippen molar-refractivity contribution in [3.63, 3.8) is 0 Å². The van der Waals surface area contributed by atoms with Crippen LogP contribution in [0.4, 0.5) is 4.79 Å². The van der Waals surface area contributed by atoms with Gasteiger partial charge in [0.25, 0.3) is 11.8 Å². The Bertz CT molecular complexity index is 1730. The van der Waals surface area contributed by atoms with Crippen molar-refractivity contribution in [1.29, 1.82) is 0 Å². The lowest BCUT2D eigenvalue weighted by Crippen LogP contribution is -2.62. The standard InChI is InChI=1S/C40H46N4O6/c1-39(2,3)35(42-38(48)50-26-30-19-11-6-12-20-30)36(46)43-44(25-29-17-9-5-10-18-29)27-40(49,24-28-15-7-4-8-16-28)37(47)41-34-32-22-14-13-21-31(32)23-33(34)45/h4-22,33-35,45,49H,23-27H2,1-3H3,(H,41,47)(H,42,48)(H,43,46)/t33-,34+,35-,40-/m1/s1. The predicted octanol–water partition coefficient (Wildman–Crippen LogP) is 4.61. The van der Waals surface area contributed by atoms with Gasteiger partial charge in [0.15, 0.2) is 5.60 Å². The molecule has 4 aromatic carbocycles. The predicted molar refractivity (Wildman–Crippen MR) is 190 cm³/mol. The molecule has 4 aromatic rings. The molecular weight excluding hydrogens is 632 g/mol. The number of hydrogen-bond acceptors (Lipinski definition) is 7. The molecule has 262 valence electrons. The summed E-state index contributed by atoms with van der Waals surface area (Å²) in [4.78, 5) is 41.1. The highest BCUT2D eigenvalue weighted by atomic mass is 16.5. The van der Waals surface area contributed by atoms with E-state index in [0.29, 0.717) is 12.0 Å². The molecule has 0 bridgehead atoms. The Labute approximate surface area is 293 Å². The largest absolute Gasteiger partial charge is 0.445 e.